The van der Waals surface area contributed by atoms with Gasteiger partial charge in [0.1, 0.15) is 11.4 Å². The van der Waals surface area contributed by atoms with E-state index < -0.39 is 4.92 Å². The van der Waals surface area contributed by atoms with Crippen LogP contribution in [0.1, 0.15) is 17.8 Å². The summed E-state index contributed by atoms with van der Waals surface area (Å²) in [5.74, 6) is -0.564. The topological polar surface area (TPSA) is 110 Å². The van der Waals surface area contributed by atoms with Crippen molar-refractivity contribution in [1.29, 1.82) is 0 Å². The van der Waals surface area contributed by atoms with E-state index in [-0.39, 0.29) is 29.5 Å². The number of aromatic nitrogens is 2. The number of anilines is 1. The summed E-state index contributed by atoms with van der Waals surface area (Å²) in [6.45, 7) is 1.88. The number of amides is 1. The number of pyridine rings is 1. The third kappa shape index (κ3) is 3.42. The SMILES string of the molecule is Cc1nc2ccccn2c1CCC(=O)Nc1cc([N+](=O)[O-])ccc1O. The van der Waals surface area contributed by atoms with Crippen LogP contribution in [-0.2, 0) is 11.2 Å². The number of rotatable bonds is 5. The number of aromatic hydroxyl groups is 1. The molecule has 0 bridgehead atoms. The summed E-state index contributed by atoms with van der Waals surface area (Å²) in [4.78, 5) is 26.8. The maximum atomic E-state index is 12.2. The summed E-state index contributed by atoms with van der Waals surface area (Å²) in [6.07, 6.45) is 2.50. The molecular weight excluding hydrogens is 324 g/mol. The third-order valence-corrected chi connectivity index (χ3v) is 3.88. The number of aryl methyl sites for hydroxylation is 2. The predicted molar refractivity (Wildman–Crippen MR) is 91.6 cm³/mol. The molecule has 3 rings (SSSR count). The number of benzene rings is 1. The first-order valence-corrected chi connectivity index (χ1v) is 7.65. The lowest BCUT2D eigenvalue weighted by Gasteiger charge is -2.07. The number of imidazole rings is 1. The third-order valence-electron chi connectivity index (χ3n) is 3.88. The van der Waals surface area contributed by atoms with Crippen molar-refractivity contribution in [1.82, 2.24) is 9.38 Å². The van der Waals surface area contributed by atoms with Crippen molar-refractivity contribution in [3.63, 3.8) is 0 Å². The molecule has 0 aliphatic heterocycles. The minimum atomic E-state index is -0.586. The van der Waals surface area contributed by atoms with E-state index in [0.717, 1.165) is 23.1 Å². The quantitative estimate of drug-likeness (QED) is 0.421. The van der Waals surface area contributed by atoms with Crippen LogP contribution in [0.15, 0.2) is 42.6 Å². The largest absolute Gasteiger partial charge is 0.506 e. The average molecular weight is 340 g/mol. The van der Waals surface area contributed by atoms with Crippen molar-refractivity contribution >= 4 is 22.9 Å². The Morgan fingerprint density at radius 3 is 2.92 bits per heavy atom. The average Bonchev–Trinajstić information content (AvgIpc) is 2.90. The highest BCUT2D eigenvalue weighted by Crippen LogP contribution is 2.28. The maximum absolute atomic E-state index is 12.2. The van der Waals surface area contributed by atoms with Gasteiger partial charge in [-0.3, -0.25) is 14.9 Å². The predicted octanol–water partition coefficient (Wildman–Crippen LogP) is 2.83. The molecule has 0 radical (unpaired) electrons. The minimum Gasteiger partial charge on any atom is -0.506 e. The zero-order chi connectivity index (χ0) is 18.0. The fraction of sp³-hybridized carbons (Fsp3) is 0.176. The molecule has 2 heterocycles. The number of nitro groups is 1. The lowest BCUT2D eigenvalue weighted by molar-refractivity contribution is -0.384. The number of hydrogen-bond donors (Lipinski definition) is 2. The second-order valence-corrected chi connectivity index (χ2v) is 5.58. The maximum Gasteiger partial charge on any atom is 0.271 e. The number of carbonyl (C=O) groups is 1. The zero-order valence-corrected chi connectivity index (χ0v) is 13.5. The van der Waals surface area contributed by atoms with Crippen molar-refractivity contribution in [3.8, 4) is 5.75 Å². The number of non-ortho nitro benzene ring substituents is 1. The van der Waals surface area contributed by atoms with Gasteiger partial charge in [-0.2, -0.15) is 0 Å². The van der Waals surface area contributed by atoms with Gasteiger partial charge in [0, 0.05) is 30.4 Å². The van der Waals surface area contributed by atoms with Gasteiger partial charge in [0.25, 0.3) is 5.69 Å². The number of carbonyl (C=O) groups excluding carboxylic acids is 1. The minimum absolute atomic E-state index is 0.0223. The van der Waals surface area contributed by atoms with Gasteiger partial charge in [-0.1, -0.05) is 6.07 Å². The Morgan fingerprint density at radius 2 is 2.16 bits per heavy atom. The molecule has 0 unspecified atom stereocenters. The van der Waals surface area contributed by atoms with Crippen molar-refractivity contribution in [2.75, 3.05) is 5.32 Å². The van der Waals surface area contributed by atoms with Gasteiger partial charge >= 0.3 is 0 Å². The van der Waals surface area contributed by atoms with Gasteiger partial charge in [-0.25, -0.2) is 4.98 Å². The zero-order valence-electron chi connectivity index (χ0n) is 13.5. The second kappa shape index (κ2) is 6.60. The molecule has 1 aromatic carbocycles. The number of nitro benzene ring substituents is 1. The summed E-state index contributed by atoms with van der Waals surface area (Å²) >= 11 is 0. The lowest BCUT2D eigenvalue weighted by Crippen LogP contribution is -2.13. The monoisotopic (exact) mass is 340 g/mol. The normalized spacial score (nSPS) is 10.8. The Balaban J connectivity index is 1.72. The lowest BCUT2D eigenvalue weighted by atomic mass is 10.2. The van der Waals surface area contributed by atoms with Gasteiger partial charge in [0.15, 0.2) is 0 Å². The van der Waals surface area contributed by atoms with Gasteiger partial charge < -0.3 is 14.8 Å². The van der Waals surface area contributed by atoms with Crippen LogP contribution in [0.4, 0.5) is 11.4 Å². The Hall–Kier alpha value is -3.42. The van der Waals surface area contributed by atoms with E-state index in [2.05, 4.69) is 10.3 Å². The molecule has 0 saturated heterocycles. The van der Waals surface area contributed by atoms with Gasteiger partial charge in [0.2, 0.25) is 5.91 Å². The smallest absolute Gasteiger partial charge is 0.271 e. The summed E-state index contributed by atoms with van der Waals surface area (Å²) in [5.41, 5.74) is 2.40. The Morgan fingerprint density at radius 1 is 1.36 bits per heavy atom. The van der Waals surface area contributed by atoms with Crippen molar-refractivity contribution in [3.05, 3.63) is 64.1 Å². The highest BCUT2D eigenvalue weighted by molar-refractivity contribution is 5.92. The van der Waals surface area contributed by atoms with Crippen molar-refractivity contribution in [2.24, 2.45) is 0 Å². The van der Waals surface area contributed by atoms with Crippen molar-refractivity contribution in [2.45, 2.75) is 19.8 Å². The molecular formula is C17H16N4O4. The first-order chi connectivity index (χ1) is 12.0. The van der Waals surface area contributed by atoms with E-state index in [1.807, 2.05) is 35.7 Å². The van der Waals surface area contributed by atoms with E-state index in [4.69, 9.17) is 0 Å². The molecule has 128 valence electrons. The van der Waals surface area contributed by atoms with E-state index >= 15 is 0 Å². The van der Waals surface area contributed by atoms with Crippen LogP contribution in [0, 0.1) is 17.0 Å². The molecule has 1 amide bonds. The van der Waals surface area contributed by atoms with Crippen molar-refractivity contribution < 1.29 is 14.8 Å². The van der Waals surface area contributed by atoms with Crippen LogP contribution in [0.25, 0.3) is 5.65 Å². The highest BCUT2D eigenvalue weighted by atomic mass is 16.6. The molecule has 0 aliphatic rings. The Kier molecular flexibility index (Phi) is 4.34. The van der Waals surface area contributed by atoms with E-state index in [9.17, 15) is 20.0 Å². The molecule has 2 aromatic heterocycles. The first-order valence-electron chi connectivity index (χ1n) is 7.65. The number of hydrogen-bond acceptors (Lipinski definition) is 5. The van der Waals surface area contributed by atoms with Crippen LogP contribution in [-0.4, -0.2) is 25.3 Å². The second-order valence-electron chi connectivity index (χ2n) is 5.58. The molecule has 0 saturated carbocycles. The molecule has 3 aromatic rings. The molecule has 0 aliphatic carbocycles. The van der Waals surface area contributed by atoms with Gasteiger partial charge in [-0.05, 0) is 31.5 Å². The summed E-state index contributed by atoms with van der Waals surface area (Å²) in [5, 5.41) is 23.1. The molecule has 2 N–H and O–H groups in total. The van der Waals surface area contributed by atoms with Crippen LogP contribution < -0.4 is 5.32 Å². The van der Waals surface area contributed by atoms with Crippen LogP contribution in [0.3, 0.4) is 0 Å². The number of nitrogens with one attached hydrogen (secondary N) is 1. The molecule has 8 nitrogen and oxygen atoms in total. The summed E-state index contributed by atoms with van der Waals surface area (Å²) in [7, 11) is 0. The number of phenols is 1. The Labute approximate surface area is 142 Å². The van der Waals surface area contributed by atoms with E-state index in [0.29, 0.717) is 6.42 Å². The summed E-state index contributed by atoms with van der Waals surface area (Å²) < 4.78 is 1.92. The number of fused-ring (bicyclic) bond motifs is 1. The van der Waals surface area contributed by atoms with Crippen LogP contribution in [0.2, 0.25) is 0 Å². The van der Waals surface area contributed by atoms with E-state index in [1.165, 1.54) is 12.1 Å². The first kappa shape index (κ1) is 16.4. The standard InChI is InChI=1S/C17H16N4O4/c1-11-14(20-9-3-2-4-16(20)18-11)6-8-17(23)19-13-10-12(21(24)25)5-7-15(13)22/h2-5,7,9-10,22H,6,8H2,1H3,(H,19,23). The number of nitrogens with zero attached hydrogens (tertiary/aromatic N) is 3. The van der Waals surface area contributed by atoms with Crippen LogP contribution in [0.5, 0.6) is 5.75 Å². The van der Waals surface area contributed by atoms with Crippen LogP contribution >= 0.6 is 0 Å². The highest BCUT2D eigenvalue weighted by Gasteiger charge is 2.14. The summed E-state index contributed by atoms with van der Waals surface area (Å²) in [6, 6.07) is 9.15. The molecule has 25 heavy (non-hydrogen) atoms. The molecule has 8 heteroatoms. The molecule has 0 fully saturated rings. The van der Waals surface area contributed by atoms with Gasteiger partial charge in [-0.15, -0.1) is 0 Å². The fourth-order valence-electron chi connectivity index (χ4n) is 2.65. The Bertz CT molecular complexity index is 964. The fourth-order valence-corrected chi connectivity index (χ4v) is 2.65. The van der Waals surface area contributed by atoms with Gasteiger partial charge in [0.05, 0.1) is 16.3 Å². The molecule has 0 spiro atoms. The van der Waals surface area contributed by atoms with E-state index in [1.54, 1.807) is 0 Å². The molecule has 0 atom stereocenters. The number of phenolic OH excluding ortho intramolecular Hbond substituents is 1.